The van der Waals surface area contributed by atoms with Gasteiger partial charge in [-0.1, -0.05) is 13.8 Å². The molecule has 0 rings (SSSR count). The number of esters is 1. The van der Waals surface area contributed by atoms with Crippen molar-refractivity contribution >= 4 is 18.6 Å². The van der Waals surface area contributed by atoms with E-state index in [-0.39, 0.29) is 23.2 Å². The van der Waals surface area contributed by atoms with Crippen LogP contribution >= 0.6 is 12.6 Å². The minimum atomic E-state index is -0.348. The van der Waals surface area contributed by atoms with Gasteiger partial charge in [-0.05, 0) is 19.8 Å². The van der Waals surface area contributed by atoms with E-state index >= 15 is 0 Å². The molecule has 0 saturated heterocycles. The van der Waals surface area contributed by atoms with Gasteiger partial charge in [-0.15, -0.1) is 0 Å². The Kier molecular flexibility index (Phi) is 7.01. The maximum atomic E-state index is 11.4. The molecule has 0 spiro atoms. The molecule has 0 aliphatic carbocycles. The summed E-state index contributed by atoms with van der Waals surface area (Å²) in [5, 5.41) is -0.348. The van der Waals surface area contributed by atoms with Crippen LogP contribution < -0.4 is 0 Å². The summed E-state index contributed by atoms with van der Waals surface area (Å²) in [6.07, 6.45) is -0.198. The van der Waals surface area contributed by atoms with E-state index in [1.54, 1.807) is 0 Å². The van der Waals surface area contributed by atoms with Crippen LogP contribution in [0.15, 0.2) is 0 Å². The van der Waals surface area contributed by atoms with Crippen LogP contribution in [0.25, 0.3) is 0 Å². The minimum absolute atomic E-state index is 0.185. The van der Waals surface area contributed by atoms with Crippen molar-refractivity contribution in [2.45, 2.75) is 39.0 Å². The zero-order valence-corrected chi connectivity index (χ0v) is 10.2. The second kappa shape index (κ2) is 7.12. The zero-order chi connectivity index (χ0) is 11.1. The summed E-state index contributed by atoms with van der Waals surface area (Å²) in [5.41, 5.74) is 0. The number of thiol groups is 1. The molecule has 2 unspecified atom stereocenters. The van der Waals surface area contributed by atoms with Gasteiger partial charge in [0.15, 0.2) is 0 Å². The topological polar surface area (TPSA) is 35.5 Å². The molecule has 0 heterocycles. The third-order valence-electron chi connectivity index (χ3n) is 1.75. The first kappa shape index (κ1) is 13.8. The van der Waals surface area contributed by atoms with Crippen molar-refractivity contribution in [3.05, 3.63) is 0 Å². The van der Waals surface area contributed by atoms with Crippen molar-refractivity contribution in [2.75, 3.05) is 13.2 Å². The molecule has 2 atom stereocenters. The van der Waals surface area contributed by atoms with Gasteiger partial charge >= 0.3 is 5.97 Å². The second-order valence-electron chi connectivity index (χ2n) is 3.60. The van der Waals surface area contributed by atoms with Crippen LogP contribution in [-0.2, 0) is 14.3 Å². The fourth-order valence-electron chi connectivity index (χ4n) is 0.858. The summed E-state index contributed by atoms with van der Waals surface area (Å²) in [6, 6.07) is 0. The summed E-state index contributed by atoms with van der Waals surface area (Å²) in [6.45, 7) is 8.67. The van der Waals surface area contributed by atoms with E-state index in [2.05, 4.69) is 12.6 Å². The fourth-order valence-corrected chi connectivity index (χ4v) is 0.919. The molecule has 14 heavy (non-hydrogen) atoms. The largest absolute Gasteiger partial charge is 0.459 e. The Morgan fingerprint density at radius 1 is 1.36 bits per heavy atom. The number of rotatable bonds is 6. The highest BCUT2D eigenvalue weighted by atomic mass is 32.1. The van der Waals surface area contributed by atoms with Crippen molar-refractivity contribution in [2.24, 2.45) is 5.92 Å². The highest BCUT2D eigenvalue weighted by molar-refractivity contribution is 7.81. The highest BCUT2D eigenvalue weighted by Crippen LogP contribution is 2.11. The average molecular weight is 220 g/mol. The maximum absolute atomic E-state index is 11.4. The van der Waals surface area contributed by atoms with Gasteiger partial charge in [-0.3, -0.25) is 4.79 Å². The monoisotopic (exact) mass is 220 g/mol. The minimum Gasteiger partial charge on any atom is -0.459 e. The van der Waals surface area contributed by atoms with Gasteiger partial charge in [0.05, 0.1) is 6.61 Å². The van der Waals surface area contributed by atoms with Crippen LogP contribution in [0.3, 0.4) is 0 Å². The van der Waals surface area contributed by atoms with Gasteiger partial charge < -0.3 is 9.47 Å². The van der Waals surface area contributed by atoms with Crippen molar-refractivity contribution in [1.82, 2.24) is 0 Å². The first-order valence-corrected chi connectivity index (χ1v) is 5.47. The van der Waals surface area contributed by atoms with Crippen LogP contribution in [0.1, 0.15) is 27.7 Å². The van der Waals surface area contributed by atoms with Crippen molar-refractivity contribution in [3.63, 3.8) is 0 Å². The van der Waals surface area contributed by atoms with Gasteiger partial charge in [0.1, 0.15) is 11.4 Å². The molecule has 0 radical (unpaired) electrons. The quantitative estimate of drug-likeness (QED) is 0.548. The second-order valence-corrected chi connectivity index (χ2v) is 4.15. The van der Waals surface area contributed by atoms with Gasteiger partial charge in [-0.25, -0.2) is 0 Å². The smallest absolute Gasteiger partial charge is 0.319 e. The van der Waals surface area contributed by atoms with E-state index in [4.69, 9.17) is 9.47 Å². The third-order valence-corrected chi connectivity index (χ3v) is 2.55. The Bertz CT molecular complexity index is 171. The fraction of sp³-hybridized carbons (Fsp3) is 0.900. The molecule has 0 N–H and O–H groups in total. The summed E-state index contributed by atoms with van der Waals surface area (Å²) >= 11 is 4.17. The summed E-state index contributed by atoms with van der Waals surface area (Å²) in [4.78, 5) is 11.4. The molecule has 0 amide bonds. The summed E-state index contributed by atoms with van der Waals surface area (Å²) < 4.78 is 10.3. The molecule has 0 bridgehead atoms. The molecule has 0 aromatic rings. The molecular formula is C10H20O3S. The Morgan fingerprint density at radius 3 is 2.36 bits per heavy atom. The van der Waals surface area contributed by atoms with E-state index in [0.29, 0.717) is 13.2 Å². The molecule has 0 aromatic heterocycles. The Morgan fingerprint density at radius 2 is 1.93 bits per heavy atom. The Balaban J connectivity index is 3.81. The van der Waals surface area contributed by atoms with E-state index in [9.17, 15) is 4.79 Å². The lowest BCUT2D eigenvalue weighted by atomic mass is 10.1. The molecule has 0 aliphatic rings. The lowest BCUT2D eigenvalue weighted by Crippen LogP contribution is -2.29. The first-order valence-electron chi connectivity index (χ1n) is 4.95. The van der Waals surface area contributed by atoms with Crippen LogP contribution in [0, 0.1) is 5.92 Å². The first-order chi connectivity index (χ1) is 6.49. The molecule has 0 aliphatic heterocycles. The maximum Gasteiger partial charge on any atom is 0.319 e. The Hall–Kier alpha value is -0.220. The lowest BCUT2D eigenvalue weighted by molar-refractivity contribution is -0.151. The van der Waals surface area contributed by atoms with Crippen LogP contribution in [-0.4, -0.2) is 30.5 Å². The number of carbonyl (C=O) groups excluding carboxylic acids is 1. The molecule has 0 saturated carbocycles. The summed E-state index contributed by atoms with van der Waals surface area (Å²) in [5.74, 6) is -0.0827. The number of carbonyl (C=O) groups is 1. The van der Waals surface area contributed by atoms with E-state index in [1.807, 2.05) is 27.7 Å². The van der Waals surface area contributed by atoms with Gasteiger partial charge in [0.2, 0.25) is 0 Å². The molecule has 3 nitrogen and oxygen atoms in total. The van der Waals surface area contributed by atoms with Crippen molar-refractivity contribution in [3.8, 4) is 0 Å². The standard InChI is InChI=1S/C10H20O3S/c1-5-12-6-8(4)13-10(11)9(14)7(2)3/h7-9,14H,5-6H2,1-4H3. The van der Waals surface area contributed by atoms with E-state index in [0.717, 1.165) is 0 Å². The van der Waals surface area contributed by atoms with Crippen molar-refractivity contribution < 1.29 is 14.3 Å². The number of ether oxygens (including phenoxy) is 2. The van der Waals surface area contributed by atoms with Crippen molar-refractivity contribution in [1.29, 1.82) is 0 Å². The molecule has 0 fully saturated rings. The lowest BCUT2D eigenvalue weighted by Gasteiger charge is -2.18. The summed E-state index contributed by atoms with van der Waals surface area (Å²) in [7, 11) is 0. The molecule has 4 heteroatoms. The van der Waals surface area contributed by atoms with Gasteiger partial charge in [0.25, 0.3) is 0 Å². The zero-order valence-electron chi connectivity index (χ0n) is 9.32. The molecule has 0 aromatic carbocycles. The van der Waals surface area contributed by atoms with Gasteiger partial charge in [-0.2, -0.15) is 12.6 Å². The highest BCUT2D eigenvalue weighted by Gasteiger charge is 2.21. The predicted octanol–water partition coefficient (Wildman–Crippen LogP) is 1.91. The average Bonchev–Trinajstić information content (AvgIpc) is 2.13. The molecular weight excluding hydrogens is 200 g/mol. The van der Waals surface area contributed by atoms with Crippen LogP contribution in [0.5, 0.6) is 0 Å². The molecule has 84 valence electrons. The number of hydrogen-bond acceptors (Lipinski definition) is 4. The van der Waals surface area contributed by atoms with E-state index < -0.39 is 0 Å². The normalized spacial score (nSPS) is 15.3. The third kappa shape index (κ3) is 5.50. The van der Waals surface area contributed by atoms with Crippen LogP contribution in [0.2, 0.25) is 0 Å². The van der Waals surface area contributed by atoms with E-state index in [1.165, 1.54) is 0 Å². The predicted molar refractivity (Wildman–Crippen MR) is 59.7 cm³/mol. The SMILES string of the molecule is CCOCC(C)OC(=O)C(S)C(C)C. The Labute approximate surface area is 91.6 Å². The van der Waals surface area contributed by atoms with Gasteiger partial charge in [0, 0.05) is 6.61 Å². The number of hydrogen-bond donors (Lipinski definition) is 1. The van der Waals surface area contributed by atoms with Crippen LogP contribution in [0.4, 0.5) is 0 Å².